The summed E-state index contributed by atoms with van der Waals surface area (Å²) in [5.41, 5.74) is 1.93. The van der Waals surface area contributed by atoms with E-state index in [1.54, 1.807) is 13.3 Å². The molecule has 24 heavy (non-hydrogen) atoms. The SMILES string of the molecule is COc1ccc(CCNC(=O)C(=O)NCCc2ccccn2)cc1. The van der Waals surface area contributed by atoms with Crippen molar-refractivity contribution in [2.75, 3.05) is 20.2 Å². The summed E-state index contributed by atoms with van der Waals surface area (Å²) in [6, 6.07) is 13.2. The number of aromatic nitrogens is 1. The summed E-state index contributed by atoms with van der Waals surface area (Å²) in [6.07, 6.45) is 2.94. The first-order valence-electron chi connectivity index (χ1n) is 7.78. The third kappa shape index (κ3) is 5.72. The lowest BCUT2D eigenvalue weighted by molar-refractivity contribution is -0.139. The Labute approximate surface area is 141 Å². The summed E-state index contributed by atoms with van der Waals surface area (Å²) in [7, 11) is 1.61. The van der Waals surface area contributed by atoms with Crippen LogP contribution in [0.1, 0.15) is 11.3 Å². The maximum Gasteiger partial charge on any atom is 0.309 e. The first-order chi connectivity index (χ1) is 11.7. The third-order valence-electron chi connectivity index (χ3n) is 3.46. The van der Waals surface area contributed by atoms with E-state index in [1.807, 2.05) is 42.5 Å². The van der Waals surface area contributed by atoms with E-state index in [4.69, 9.17) is 4.74 Å². The number of nitrogens with zero attached hydrogens (tertiary/aromatic N) is 1. The lowest BCUT2D eigenvalue weighted by Crippen LogP contribution is -2.41. The summed E-state index contributed by atoms with van der Waals surface area (Å²) < 4.78 is 5.09. The molecule has 2 aromatic rings. The first kappa shape index (κ1) is 17.5. The summed E-state index contributed by atoms with van der Waals surface area (Å²) >= 11 is 0. The largest absolute Gasteiger partial charge is 0.497 e. The van der Waals surface area contributed by atoms with Gasteiger partial charge in [-0.15, -0.1) is 0 Å². The molecule has 0 unspecified atom stereocenters. The maximum absolute atomic E-state index is 11.7. The van der Waals surface area contributed by atoms with Crippen molar-refractivity contribution >= 4 is 11.8 Å². The molecule has 1 aromatic heterocycles. The van der Waals surface area contributed by atoms with Crippen molar-refractivity contribution in [2.45, 2.75) is 12.8 Å². The van der Waals surface area contributed by atoms with Crippen LogP contribution in [0.4, 0.5) is 0 Å². The van der Waals surface area contributed by atoms with Gasteiger partial charge in [-0.1, -0.05) is 18.2 Å². The van der Waals surface area contributed by atoms with Gasteiger partial charge in [-0.25, -0.2) is 0 Å². The third-order valence-corrected chi connectivity index (χ3v) is 3.46. The average molecular weight is 327 g/mol. The molecule has 0 saturated heterocycles. The number of amides is 2. The smallest absolute Gasteiger partial charge is 0.309 e. The molecule has 0 bridgehead atoms. The fraction of sp³-hybridized carbons (Fsp3) is 0.278. The molecule has 0 aliphatic rings. The van der Waals surface area contributed by atoms with Crippen molar-refractivity contribution in [3.8, 4) is 5.75 Å². The van der Waals surface area contributed by atoms with Crippen molar-refractivity contribution in [1.29, 1.82) is 0 Å². The van der Waals surface area contributed by atoms with Crippen LogP contribution in [0.25, 0.3) is 0 Å². The van der Waals surface area contributed by atoms with Crippen LogP contribution in [0.2, 0.25) is 0 Å². The monoisotopic (exact) mass is 327 g/mol. The van der Waals surface area contributed by atoms with Gasteiger partial charge in [0.1, 0.15) is 5.75 Å². The molecule has 6 nitrogen and oxygen atoms in total. The molecule has 126 valence electrons. The quantitative estimate of drug-likeness (QED) is 0.747. The molecule has 2 rings (SSSR count). The van der Waals surface area contributed by atoms with Crippen LogP contribution >= 0.6 is 0 Å². The number of rotatable bonds is 7. The Hall–Kier alpha value is -2.89. The zero-order valence-corrected chi connectivity index (χ0v) is 13.6. The molecular weight excluding hydrogens is 306 g/mol. The maximum atomic E-state index is 11.7. The Balaban J connectivity index is 1.65. The van der Waals surface area contributed by atoms with Crippen molar-refractivity contribution in [3.63, 3.8) is 0 Å². The van der Waals surface area contributed by atoms with Gasteiger partial charge in [-0.3, -0.25) is 14.6 Å². The van der Waals surface area contributed by atoms with Gasteiger partial charge in [0.25, 0.3) is 0 Å². The van der Waals surface area contributed by atoms with E-state index < -0.39 is 11.8 Å². The van der Waals surface area contributed by atoms with Crippen molar-refractivity contribution in [1.82, 2.24) is 15.6 Å². The Morgan fingerprint density at radius 2 is 1.62 bits per heavy atom. The highest BCUT2D eigenvalue weighted by Gasteiger charge is 2.11. The Morgan fingerprint density at radius 3 is 2.21 bits per heavy atom. The fourth-order valence-electron chi connectivity index (χ4n) is 2.12. The van der Waals surface area contributed by atoms with Crippen LogP contribution < -0.4 is 15.4 Å². The van der Waals surface area contributed by atoms with Gasteiger partial charge >= 0.3 is 11.8 Å². The number of ether oxygens (including phenoxy) is 1. The number of hydrogen-bond acceptors (Lipinski definition) is 4. The molecular formula is C18H21N3O3. The second kappa shape index (κ2) is 9.29. The molecule has 1 heterocycles. The number of nitrogens with one attached hydrogen (secondary N) is 2. The molecule has 0 aliphatic carbocycles. The van der Waals surface area contributed by atoms with E-state index in [-0.39, 0.29) is 0 Å². The highest BCUT2D eigenvalue weighted by molar-refractivity contribution is 6.35. The molecule has 2 amide bonds. The molecule has 0 aliphatic heterocycles. The predicted octanol–water partition coefficient (Wildman–Crippen LogP) is 1.11. The van der Waals surface area contributed by atoms with Crippen LogP contribution in [0.3, 0.4) is 0 Å². The predicted molar refractivity (Wildman–Crippen MR) is 90.7 cm³/mol. The van der Waals surface area contributed by atoms with Crippen LogP contribution in [-0.2, 0) is 22.4 Å². The molecule has 0 fully saturated rings. The van der Waals surface area contributed by atoms with Crippen LogP contribution in [0.5, 0.6) is 5.75 Å². The Kier molecular flexibility index (Phi) is 6.76. The summed E-state index contributed by atoms with van der Waals surface area (Å²) in [5, 5.41) is 5.20. The van der Waals surface area contributed by atoms with E-state index in [0.29, 0.717) is 25.9 Å². The van der Waals surface area contributed by atoms with Crippen molar-refractivity contribution in [3.05, 3.63) is 59.9 Å². The van der Waals surface area contributed by atoms with Crippen LogP contribution in [0.15, 0.2) is 48.7 Å². The van der Waals surface area contributed by atoms with Gasteiger partial charge in [0.2, 0.25) is 0 Å². The van der Waals surface area contributed by atoms with E-state index >= 15 is 0 Å². The van der Waals surface area contributed by atoms with Crippen LogP contribution in [0, 0.1) is 0 Å². The van der Waals surface area contributed by atoms with Crippen molar-refractivity contribution in [2.24, 2.45) is 0 Å². The van der Waals surface area contributed by atoms with Gasteiger partial charge in [0.15, 0.2) is 0 Å². The van der Waals surface area contributed by atoms with Crippen LogP contribution in [-0.4, -0.2) is 37.0 Å². The van der Waals surface area contributed by atoms with E-state index in [0.717, 1.165) is 17.0 Å². The first-order valence-corrected chi connectivity index (χ1v) is 7.78. The lowest BCUT2D eigenvalue weighted by Gasteiger charge is -2.07. The fourth-order valence-corrected chi connectivity index (χ4v) is 2.12. The number of hydrogen-bond donors (Lipinski definition) is 2. The molecule has 0 spiro atoms. The number of benzene rings is 1. The molecule has 0 radical (unpaired) electrons. The normalized spacial score (nSPS) is 10.0. The molecule has 0 atom stereocenters. The molecule has 1 aromatic carbocycles. The van der Waals surface area contributed by atoms with Gasteiger partial charge in [0, 0.05) is 31.4 Å². The number of carbonyl (C=O) groups is 2. The highest BCUT2D eigenvalue weighted by atomic mass is 16.5. The lowest BCUT2D eigenvalue weighted by atomic mass is 10.1. The summed E-state index contributed by atoms with van der Waals surface area (Å²) in [5.74, 6) is -0.458. The van der Waals surface area contributed by atoms with Gasteiger partial charge < -0.3 is 15.4 Å². The van der Waals surface area contributed by atoms with E-state index in [9.17, 15) is 9.59 Å². The van der Waals surface area contributed by atoms with E-state index in [1.165, 1.54) is 0 Å². The van der Waals surface area contributed by atoms with Gasteiger partial charge in [-0.05, 0) is 36.2 Å². The Bertz CT molecular complexity index is 657. The second-order valence-electron chi connectivity index (χ2n) is 5.18. The van der Waals surface area contributed by atoms with E-state index in [2.05, 4.69) is 15.6 Å². The van der Waals surface area contributed by atoms with Gasteiger partial charge in [-0.2, -0.15) is 0 Å². The summed E-state index contributed by atoms with van der Waals surface area (Å²) in [6.45, 7) is 0.778. The molecule has 0 saturated carbocycles. The Morgan fingerprint density at radius 1 is 0.958 bits per heavy atom. The van der Waals surface area contributed by atoms with Gasteiger partial charge in [0.05, 0.1) is 7.11 Å². The molecule has 2 N–H and O–H groups in total. The minimum absolute atomic E-state index is 0.377. The number of methoxy groups -OCH3 is 1. The summed E-state index contributed by atoms with van der Waals surface area (Å²) in [4.78, 5) is 27.6. The zero-order chi connectivity index (χ0) is 17.2. The minimum Gasteiger partial charge on any atom is -0.497 e. The minimum atomic E-state index is -0.624. The standard InChI is InChI=1S/C18H21N3O3/c1-24-16-7-5-14(6-8-16)9-12-20-17(22)18(23)21-13-10-15-4-2-3-11-19-15/h2-8,11H,9-10,12-13H2,1H3,(H,20,22)(H,21,23). The number of pyridine rings is 1. The average Bonchev–Trinajstić information content (AvgIpc) is 2.63. The molecule has 6 heteroatoms. The van der Waals surface area contributed by atoms with Crippen molar-refractivity contribution < 1.29 is 14.3 Å². The zero-order valence-electron chi connectivity index (χ0n) is 13.6. The number of carbonyl (C=O) groups excluding carboxylic acids is 2. The second-order valence-corrected chi connectivity index (χ2v) is 5.18. The highest BCUT2D eigenvalue weighted by Crippen LogP contribution is 2.11. The topological polar surface area (TPSA) is 80.3 Å².